The van der Waals surface area contributed by atoms with Gasteiger partial charge in [0.1, 0.15) is 12.4 Å². The number of hydrogen-bond donors (Lipinski definition) is 2. The molecule has 0 fully saturated rings. The second kappa shape index (κ2) is 6.55. The molecular weight excluding hydrogens is 250 g/mol. The van der Waals surface area contributed by atoms with Crippen molar-refractivity contribution in [3.8, 4) is 5.75 Å². The molecule has 0 aliphatic heterocycles. The van der Waals surface area contributed by atoms with Crippen molar-refractivity contribution in [2.24, 2.45) is 5.73 Å². The lowest BCUT2D eigenvalue weighted by Crippen LogP contribution is -2.08. The first-order valence-electron chi connectivity index (χ1n) is 6.77. The van der Waals surface area contributed by atoms with Crippen LogP contribution in [-0.2, 0) is 13.2 Å². The second-order valence-electron chi connectivity index (χ2n) is 5.09. The molecule has 0 saturated carbocycles. The molecule has 0 unspecified atom stereocenters. The zero-order valence-electron chi connectivity index (χ0n) is 12.0. The van der Waals surface area contributed by atoms with Crippen molar-refractivity contribution in [2.45, 2.75) is 33.1 Å². The van der Waals surface area contributed by atoms with Crippen molar-refractivity contribution in [1.82, 2.24) is 0 Å². The van der Waals surface area contributed by atoms with E-state index in [-0.39, 0.29) is 12.6 Å². The van der Waals surface area contributed by atoms with Gasteiger partial charge >= 0.3 is 0 Å². The van der Waals surface area contributed by atoms with Crippen molar-refractivity contribution in [3.05, 3.63) is 64.7 Å². The van der Waals surface area contributed by atoms with Crippen LogP contribution in [0.5, 0.6) is 5.75 Å². The SMILES string of the molecule is Cc1ccc([C@@H](C)N)c(OCc2ccc(CO)cc2)c1. The molecule has 0 heterocycles. The maximum atomic E-state index is 9.02. The summed E-state index contributed by atoms with van der Waals surface area (Å²) >= 11 is 0. The summed E-state index contributed by atoms with van der Waals surface area (Å²) in [6.07, 6.45) is 0. The van der Waals surface area contributed by atoms with Crippen molar-refractivity contribution < 1.29 is 9.84 Å². The number of rotatable bonds is 5. The maximum Gasteiger partial charge on any atom is 0.124 e. The first-order chi connectivity index (χ1) is 9.60. The lowest BCUT2D eigenvalue weighted by Gasteiger charge is -2.15. The average molecular weight is 271 g/mol. The van der Waals surface area contributed by atoms with E-state index < -0.39 is 0 Å². The molecule has 0 radical (unpaired) electrons. The molecule has 20 heavy (non-hydrogen) atoms. The van der Waals surface area contributed by atoms with Crippen LogP contribution in [0.1, 0.15) is 35.2 Å². The number of nitrogens with two attached hydrogens (primary N) is 1. The lowest BCUT2D eigenvalue weighted by molar-refractivity contribution is 0.281. The predicted octanol–water partition coefficient (Wildman–Crippen LogP) is 3.09. The summed E-state index contributed by atoms with van der Waals surface area (Å²) in [5.74, 6) is 0.839. The van der Waals surface area contributed by atoms with E-state index in [1.165, 1.54) is 0 Å². The van der Waals surface area contributed by atoms with Gasteiger partial charge in [-0.05, 0) is 36.6 Å². The highest BCUT2D eigenvalue weighted by Crippen LogP contribution is 2.26. The van der Waals surface area contributed by atoms with E-state index in [9.17, 15) is 0 Å². The van der Waals surface area contributed by atoms with E-state index in [0.717, 1.165) is 28.0 Å². The van der Waals surface area contributed by atoms with Gasteiger partial charge in [0.05, 0.1) is 6.61 Å². The normalized spacial score (nSPS) is 12.2. The van der Waals surface area contributed by atoms with Gasteiger partial charge in [-0.2, -0.15) is 0 Å². The Morgan fingerprint density at radius 3 is 2.35 bits per heavy atom. The Morgan fingerprint density at radius 1 is 1.10 bits per heavy atom. The molecule has 0 bridgehead atoms. The Balaban J connectivity index is 2.11. The Morgan fingerprint density at radius 2 is 1.75 bits per heavy atom. The van der Waals surface area contributed by atoms with Crippen LogP contribution in [0.2, 0.25) is 0 Å². The van der Waals surface area contributed by atoms with Crippen LogP contribution >= 0.6 is 0 Å². The molecule has 0 aromatic heterocycles. The molecule has 3 nitrogen and oxygen atoms in total. The zero-order valence-corrected chi connectivity index (χ0v) is 12.0. The summed E-state index contributed by atoms with van der Waals surface area (Å²) in [4.78, 5) is 0. The van der Waals surface area contributed by atoms with Gasteiger partial charge < -0.3 is 15.6 Å². The number of hydrogen-bond acceptors (Lipinski definition) is 3. The predicted molar refractivity (Wildman–Crippen MR) is 80.5 cm³/mol. The summed E-state index contributed by atoms with van der Waals surface area (Å²) < 4.78 is 5.90. The van der Waals surface area contributed by atoms with E-state index in [1.54, 1.807) is 0 Å². The Labute approximate surface area is 120 Å². The summed E-state index contributed by atoms with van der Waals surface area (Å²) in [6, 6.07) is 13.8. The van der Waals surface area contributed by atoms with Gasteiger partial charge in [-0.3, -0.25) is 0 Å². The molecule has 0 spiro atoms. The number of benzene rings is 2. The highest BCUT2D eigenvalue weighted by atomic mass is 16.5. The summed E-state index contributed by atoms with van der Waals surface area (Å²) in [6.45, 7) is 4.55. The quantitative estimate of drug-likeness (QED) is 0.878. The molecule has 0 aliphatic rings. The summed E-state index contributed by atoms with van der Waals surface area (Å²) in [7, 11) is 0. The third-order valence-electron chi connectivity index (χ3n) is 3.26. The van der Waals surface area contributed by atoms with Crippen LogP contribution < -0.4 is 10.5 Å². The number of ether oxygens (including phenoxy) is 1. The monoisotopic (exact) mass is 271 g/mol. The zero-order chi connectivity index (χ0) is 14.5. The lowest BCUT2D eigenvalue weighted by atomic mass is 10.1. The van der Waals surface area contributed by atoms with Crippen molar-refractivity contribution >= 4 is 0 Å². The molecular formula is C17H21NO2. The minimum absolute atomic E-state index is 0.0534. The Bertz CT molecular complexity index is 562. The van der Waals surface area contributed by atoms with Gasteiger partial charge in [0.2, 0.25) is 0 Å². The van der Waals surface area contributed by atoms with Crippen LogP contribution in [0.25, 0.3) is 0 Å². The van der Waals surface area contributed by atoms with Crippen molar-refractivity contribution in [3.63, 3.8) is 0 Å². The number of aliphatic hydroxyl groups excluding tert-OH is 1. The first-order valence-corrected chi connectivity index (χ1v) is 6.77. The molecule has 1 atom stereocenters. The fraction of sp³-hybridized carbons (Fsp3) is 0.294. The van der Waals surface area contributed by atoms with Gasteiger partial charge in [-0.15, -0.1) is 0 Å². The fourth-order valence-corrected chi connectivity index (χ4v) is 2.04. The van der Waals surface area contributed by atoms with Crippen LogP contribution in [-0.4, -0.2) is 5.11 Å². The topological polar surface area (TPSA) is 55.5 Å². The molecule has 0 saturated heterocycles. The Kier molecular flexibility index (Phi) is 4.77. The Hall–Kier alpha value is -1.84. The van der Waals surface area contributed by atoms with Gasteiger partial charge in [0.15, 0.2) is 0 Å². The van der Waals surface area contributed by atoms with Gasteiger partial charge in [-0.25, -0.2) is 0 Å². The van der Waals surface area contributed by atoms with Crippen molar-refractivity contribution in [2.75, 3.05) is 0 Å². The summed E-state index contributed by atoms with van der Waals surface area (Å²) in [5, 5.41) is 9.02. The minimum atomic E-state index is -0.0534. The molecule has 2 aromatic rings. The van der Waals surface area contributed by atoms with E-state index >= 15 is 0 Å². The highest BCUT2D eigenvalue weighted by molar-refractivity contribution is 5.39. The van der Waals surface area contributed by atoms with Gasteiger partial charge in [-0.1, -0.05) is 36.4 Å². The van der Waals surface area contributed by atoms with E-state index in [2.05, 4.69) is 0 Å². The van der Waals surface area contributed by atoms with E-state index in [0.29, 0.717) is 6.61 Å². The molecule has 106 valence electrons. The molecule has 2 aromatic carbocycles. The van der Waals surface area contributed by atoms with Crippen LogP contribution in [0.4, 0.5) is 0 Å². The standard InChI is InChI=1S/C17H21NO2/c1-12-3-8-16(13(2)18)17(9-12)20-11-15-6-4-14(10-19)5-7-15/h3-9,13,19H,10-11,18H2,1-2H3/t13-/m1/s1. The molecule has 0 amide bonds. The van der Waals surface area contributed by atoms with E-state index in [4.69, 9.17) is 15.6 Å². The summed E-state index contributed by atoms with van der Waals surface area (Å²) in [5.41, 5.74) is 10.1. The first kappa shape index (κ1) is 14.6. The van der Waals surface area contributed by atoms with E-state index in [1.807, 2.05) is 56.3 Å². The molecule has 0 aliphatic carbocycles. The van der Waals surface area contributed by atoms with Crippen LogP contribution in [0.3, 0.4) is 0 Å². The van der Waals surface area contributed by atoms with Crippen LogP contribution in [0, 0.1) is 6.92 Å². The average Bonchev–Trinajstić information content (AvgIpc) is 2.45. The second-order valence-corrected chi connectivity index (χ2v) is 5.09. The van der Waals surface area contributed by atoms with Gasteiger partial charge in [0, 0.05) is 11.6 Å². The van der Waals surface area contributed by atoms with Gasteiger partial charge in [0.25, 0.3) is 0 Å². The molecule has 3 N–H and O–H groups in total. The number of aryl methyl sites for hydroxylation is 1. The third kappa shape index (κ3) is 3.59. The molecule has 2 rings (SSSR count). The minimum Gasteiger partial charge on any atom is -0.489 e. The van der Waals surface area contributed by atoms with Crippen molar-refractivity contribution in [1.29, 1.82) is 0 Å². The van der Waals surface area contributed by atoms with Crippen LogP contribution in [0.15, 0.2) is 42.5 Å². The smallest absolute Gasteiger partial charge is 0.124 e. The third-order valence-corrected chi connectivity index (χ3v) is 3.26. The molecule has 3 heteroatoms. The largest absolute Gasteiger partial charge is 0.489 e. The number of aliphatic hydroxyl groups is 1. The maximum absolute atomic E-state index is 9.02. The fourth-order valence-electron chi connectivity index (χ4n) is 2.04. The highest BCUT2D eigenvalue weighted by Gasteiger charge is 2.08.